The largest absolute Gasteiger partial charge is 0.356 e. The highest BCUT2D eigenvalue weighted by Gasteiger charge is 2.05. The minimum Gasteiger partial charge on any atom is -0.356 e. The average Bonchev–Trinajstić information content (AvgIpc) is 2.66. The van der Waals surface area contributed by atoms with Crippen molar-refractivity contribution in [1.82, 2.24) is 15.2 Å². The SMILES string of the molecule is CN=C(NCCCCn1ccccc1=O)NCC(C)Sc1ccccc1.I. The van der Waals surface area contributed by atoms with Crippen LogP contribution < -0.4 is 16.2 Å². The number of thioether (sulfide) groups is 1. The summed E-state index contributed by atoms with van der Waals surface area (Å²) >= 11 is 1.85. The Balaban J connectivity index is 0.00000364. The number of aromatic nitrogens is 1. The van der Waals surface area contributed by atoms with E-state index in [1.165, 1.54) is 4.90 Å². The minimum atomic E-state index is 0. The Kier molecular flexibility index (Phi) is 11.9. The third-order valence-corrected chi connectivity index (χ3v) is 4.99. The number of guanidine groups is 1. The number of hydrogen-bond acceptors (Lipinski definition) is 3. The van der Waals surface area contributed by atoms with Crippen molar-refractivity contribution in [2.45, 2.75) is 36.5 Å². The summed E-state index contributed by atoms with van der Waals surface area (Å²) in [7, 11) is 1.79. The summed E-state index contributed by atoms with van der Waals surface area (Å²) in [6.45, 7) is 4.63. The van der Waals surface area contributed by atoms with E-state index in [0.717, 1.165) is 38.4 Å². The predicted octanol–water partition coefficient (Wildman–Crippen LogP) is 3.59. The number of pyridine rings is 1. The Labute approximate surface area is 183 Å². The van der Waals surface area contributed by atoms with Crippen LogP contribution in [0.2, 0.25) is 0 Å². The van der Waals surface area contributed by atoms with E-state index in [0.29, 0.717) is 5.25 Å². The van der Waals surface area contributed by atoms with Crippen LogP contribution in [0, 0.1) is 0 Å². The zero-order valence-corrected chi connectivity index (χ0v) is 19.1. The third kappa shape index (κ3) is 9.32. The van der Waals surface area contributed by atoms with Gasteiger partial charge in [0.05, 0.1) is 0 Å². The molecule has 0 aliphatic heterocycles. The van der Waals surface area contributed by atoms with Gasteiger partial charge in [-0.1, -0.05) is 31.2 Å². The van der Waals surface area contributed by atoms with Gasteiger partial charge in [0.2, 0.25) is 5.56 Å². The molecule has 1 aromatic heterocycles. The topological polar surface area (TPSA) is 58.4 Å². The van der Waals surface area contributed by atoms with Crippen LogP contribution in [0.1, 0.15) is 19.8 Å². The second kappa shape index (κ2) is 13.7. The van der Waals surface area contributed by atoms with Crippen molar-refractivity contribution in [2.75, 3.05) is 20.1 Å². The average molecular weight is 500 g/mol. The van der Waals surface area contributed by atoms with Crippen LogP contribution >= 0.6 is 35.7 Å². The smallest absolute Gasteiger partial charge is 0.250 e. The molecule has 148 valence electrons. The zero-order chi connectivity index (χ0) is 18.6. The molecule has 1 unspecified atom stereocenters. The molecule has 2 rings (SSSR count). The van der Waals surface area contributed by atoms with Gasteiger partial charge in [-0.2, -0.15) is 0 Å². The van der Waals surface area contributed by atoms with Crippen LogP contribution in [0.15, 0.2) is 69.4 Å². The molecule has 0 aliphatic carbocycles. The van der Waals surface area contributed by atoms with Crippen molar-refractivity contribution in [3.63, 3.8) is 0 Å². The summed E-state index contributed by atoms with van der Waals surface area (Å²) in [5.74, 6) is 0.822. The lowest BCUT2D eigenvalue weighted by atomic mass is 10.3. The third-order valence-electron chi connectivity index (χ3n) is 3.88. The molecule has 7 heteroatoms. The van der Waals surface area contributed by atoms with E-state index in [9.17, 15) is 4.79 Å². The lowest BCUT2D eigenvalue weighted by Crippen LogP contribution is -2.40. The first kappa shape index (κ1) is 23.6. The minimum absolute atomic E-state index is 0. The second-order valence-corrected chi connectivity index (χ2v) is 7.57. The summed E-state index contributed by atoms with van der Waals surface area (Å²) < 4.78 is 1.75. The number of benzene rings is 1. The predicted molar refractivity (Wildman–Crippen MR) is 126 cm³/mol. The number of halogens is 1. The Morgan fingerprint density at radius 1 is 1.11 bits per heavy atom. The summed E-state index contributed by atoms with van der Waals surface area (Å²) in [5, 5.41) is 7.15. The highest BCUT2D eigenvalue weighted by Crippen LogP contribution is 2.21. The van der Waals surface area contributed by atoms with Crippen LogP contribution in [0.5, 0.6) is 0 Å². The molecule has 0 spiro atoms. The Hall–Kier alpha value is -1.48. The van der Waals surface area contributed by atoms with Gasteiger partial charge >= 0.3 is 0 Å². The summed E-state index contributed by atoms with van der Waals surface area (Å²) in [4.78, 5) is 17.2. The Bertz CT molecular complexity index is 736. The summed E-state index contributed by atoms with van der Waals surface area (Å²) in [6, 6.07) is 15.7. The van der Waals surface area contributed by atoms with Gasteiger partial charge in [-0.05, 0) is 31.0 Å². The van der Waals surface area contributed by atoms with E-state index in [2.05, 4.69) is 46.8 Å². The van der Waals surface area contributed by atoms with Crippen LogP contribution in [0.25, 0.3) is 0 Å². The molecule has 1 aromatic carbocycles. The fraction of sp³-hybridized carbons (Fsp3) is 0.400. The van der Waals surface area contributed by atoms with Crippen molar-refractivity contribution < 1.29 is 0 Å². The van der Waals surface area contributed by atoms with E-state index in [1.54, 1.807) is 23.7 Å². The molecule has 0 aliphatic rings. The van der Waals surface area contributed by atoms with Gasteiger partial charge in [-0.3, -0.25) is 9.79 Å². The highest BCUT2D eigenvalue weighted by atomic mass is 127. The van der Waals surface area contributed by atoms with Crippen molar-refractivity contribution in [3.8, 4) is 0 Å². The molecule has 2 aromatic rings. The Morgan fingerprint density at radius 2 is 1.85 bits per heavy atom. The lowest BCUT2D eigenvalue weighted by molar-refractivity contribution is 0.585. The lowest BCUT2D eigenvalue weighted by Gasteiger charge is -2.16. The molecular formula is C20H29IN4OS. The molecule has 0 saturated heterocycles. The number of aryl methyl sites for hydroxylation is 1. The molecule has 0 saturated carbocycles. The van der Waals surface area contributed by atoms with Crippen molar-refractivity contribution >= 4 is 41.7 Å². The second-order valence-electron chi connectivity index (χ2n) is 6.06. The number of aliphatic imine (C=N–C) groups is 1. The molecule has 1 heterocycles. The number of hydrogen-bond donors (Lipinski definition) is 2. The molecule has 2 N–H and O–H groups in total. The normalized spacial score (nSPS) is 12.1. The standard InChI is InChI=1S/C20H28N4OS.HI/c1-17(26-18-10-4-3-5-11-18)16-23-20(21-2)22-13-7-9-15-24-14-8-6-12-19(24)25;/h3-6,8,10-12,14,17H,7,9,13,15-16H2,1-2H3,(H2,21,22,23);1H. The van der Waals surface area contributed by atoms with E-state index in [-0.39, 0.29) is 29.5 Å². The maximum Gasteiger partial charge on any atom is 0.250 e. The first-order valence-electron chi connectivity index (χ1n) is 9.00. The van der Waals surface area contributed by atoms with Gasteiger partial charge < -0.3 is 15.2 Å². The van der Waals surface area contributed by atoms with Gasteiger partial charge in [0.25, 0.3) is 0 Å². The van der Waals surface area contributed by atoms with Gasteiger partial charge in [-0.15, -0.1) is 35.7 Å². The number of nitrogens with one attached hydrogen (secondary N) is 2. The first-order chi connectivity index (χ1) is 12.7. The van der Waals surface area contributed by atoms with Gasteiger partial charge in [0, 0.05) is 49.1 Å². The monoisotopic (exact) mass is 500 g/mol. The summed E-state index contributed by atoms with van der Waals surface area (Å²) in [5.41, 5.74) is 0.0582. The molecule has 1 atom stereocenters. The van der Waals surface area contributed by atoms with Crippen LogP contribution in [0.4, 0.5) is 0 Å². The van der Waals surface area contributed by atoms with Crippen LogP contribution in [-0.4, -0.2) is 35.9 Å². The Morgan fingerprint density at radius 3 is 2.56 bits per heavy atom. The maximum atomic E-state index is 11.6. The number of rotatable bonds is 9. The molecular weight excluding hydrogens is 471 g/mol. The van der Waals surface area contributed by atoms with E-state index >= 15 is 0 Å². The number of unbranched alkanes of at least 4 members (excludes halogenated alkanes) is 1. The maximum absolute atomic E-state index is 11.6. The van der Waals surface area contributed by atoms with E-state index in [1.807, 2.05) is 30.1 Å². The summed E-state index contributed by atoms with van der Waals surface area (Å²) in [6.07, 6.45) is 3.77. The van der Waals surface area contributed by atoms with Gasteiger partial charge in [0.1, 0.15) is 0 Å². The molecule has 0 radical (unpaired) electrons. The van der Waals surface area contributed by atoms with E-state index < -0.39 is 0 Å². The van der Waals surface area contributed by atoms with Crippen LogP contribution in [-0.2, 0) is 6.54 Å². The molecule has 27 heavy (non-hydrogen) atoms. The zero-order valence-electron chi connectivity index (χ0n) is 15.9. The van der Waals surface area contributed by atoms with Gasteiger partial charge in [0.15, 0.2) is 5.96 Å². The molecule has 0 bridgehead atoms. The molecule has 0 amide bonds. The van der Waals surface area contributed by atoms with Crippen LogP contribution in [0.3, 0.4) is 0 Å². The van der Waals surface area contributed by atoms with Crippen molar-refractivity contribution in [3.05, 3.63) is 65.1 Å². The first-order valence-corrected chi connectivity index (χ1v) is 9.88. The number of nitrogens with zero attached hydrogens (tertiary/aromatic N) is 2. The highest BCUT2D eigenvalue weighted by molar-refractivity contribution is 14.0. The molecule has 0 fully saturated rings. The van der Waals surface area contributed by atoms with Crippen molar-refractivity contribution in [2.24, 2.45) is 4.99 Å². The fourth-order valence-corrected chi connectivity index (χ4v) is 3.44. The quantitative estimate of drug-likeness (QED) is 0.182. The van der Waals surface area contributed by atoms with Crippen molar-refractivity contribution in [1.29, 1.82) is 0 Å². The molecule has 5 nitrogen and oxygen atoms in total. The fourth-order valence-electron chi connectivity index (χ4n) is 2.49. The van der Waals surface area contributed by atoms with E-state index in [4.69, 9.17) is 0 Å². The van der Waals surface area contributed by atoms with Gasteiger partial charge in [-0.25, -0.2) is 0 Å².